The van der Waals surface area contributed by atoms with Crippen molar-refractivity contribution >= 4 is 64.0 Å². The van der Waals surface area contributed by atoms with Gasteiger partial charge in [0.1, 0.15) is 0 Å². The standard InChI is InChI=1S/C35H21NS/c1-2-9-27-24(7-1)19-26(28-11-5-12-30-29-10-3-4-13-33(29)37-35(28)30)21-31(27)25-17-15-22-14-16-23-8-6-18-36-34(23)32(22)20-25/h1-21H. The van der Waals surface area contributed by atoms with Crippen LogP contribution in [-0.2, 0) is 0 Å². The molecule has 37 heavy (non-hydrogen) atoms. The van der Waals surface area contributed by atoms with Crippen molar-refractivity contribution in [2.24, 2.45) is 0 Å². The van der Waals surface area contributed by atoms with Crippen LogP contribution in [0.25, 0.3) is 74.9 Å². The minimum Gasteiger partial charge on any atom is -0.256 e. The third-order valence-corrected chi connectivity index (χ3v) is 8.70. The van der Waals surface area contributed by atoms with Crippen LogP contribution in [0.1, 0.15) is 0 Å². The molecule has 8 aromatic rings. The first-order chi connectivity index (χ1) is 18.3. The molecule has 0 aliphatic heterocycles. The third kappa shape index (κ3) is 3.20. The summed E-state index contributed by atoms with van der Waals surface area (Å²) in [7, 11) is 0. The lowest BCUT2D eigenvalue weighted by atomic mass is 9.91. The average Bonchev–Trinajstić information content (AvgIpc) is 3.35. The number of fused-ring (bicyclic) bond motifs is 7. The van der Waals surface area contributed by atoms with Gasteiger partial charge in [0.25, 0.3) is 0 Å². The molecule has 1 nitrogen and oxygen atoms in total. The Kier molecular flexibility index (Phi) is 4.46. The predicted octanol–water partition coefficient (Wildman–Crippen LogP) is 10.2. The van der Waals surface area contributed by atoms with Gasteiger partial charge in [0.2, 0.25) is 0 Å². The number of nitrogens with zero attached hydrogens (tertiary/aromatic N) is 1. The highest BCUT2D eigenvalue weighted by atomic mass is 32.1. The van der Waals surface area contributed by atoms with Gasteiger partial charge < -0.3 is 0 Å². The van der Waals surface area contributed by atoms with Crippen LogP contribution in [0.3, 0.4) is 0 Å². The highest BCUT2D eigenvalue weighted by Crippen LogP contribution is 2.42. The summed E-state index contributed by atoms with van der Waals surface area (Å²) in [5, 5.41) is 8.76. The molecule has 6 aromatic carbocycles. The number of aromatic nitrogens is 1. The molecule has 2 heterocycles. The molecular formula is C35H21NS. The number of hydrogen-bond acceptors (Lipinski definition) is 2. The number of rotatable bonds is 2. The fourth-order valence-corrected chi connectivity index (χ4v) is 6.95. The molecule has 0 fully saturated rings. The highest BCUT2D eigenvalue weighted by Gasteiger charge is 2.14. The quantitative estimate of drug-likeness (QED) is 0.221. The van der Waals surface area contributed by atoms with Crippen LogP contribution in [0.15, 0.2) is 128 Å². The highest BCUT2D eigenvalue weighted by molar-refractivity contribution is 7.26. The van der Waals surface area contributed by atoms with Gasteiger partial charge in [0, 0.05) is 37.1 Å². The van der Waals surface area contributed by atoms with E-state index in [0.29, 0.717) is 0 Å². The molecule has 2 heteroatoms. The molecule has 2 aromatic heterocycles. The summed E-state index contributed by atoms with van der Waals surface area (Å²) in [6, 6.07) is 44.2. The summed E-state index contributed by atoms with van der Waals surface area (Å²) >= 11 is 1.89. The van der Waals surface area contributed by atoms with Crippen LogP contribution in [0.4, 0.5) is 0 Å². The maximum atomic E-state index is 4.73. The van der Waals surface area contributed by atoms with E-state index in [2.05, 4.69) is 115 Å². The second-order valence-corrected chi connectivity index (χ2v) is 10.7. The van der Waals surface area contributed by atoms with Gasteiger partial charge in [-0.3, -0.25) is 4.98 Å². The van der Waals surface area contributed by atoms with Crippen molar-refractivity contribution in [2.75, 3.05) is 0 Å². The molecule has 0 bridgehead atoms. The minimum atomic E-state index is 1.05. The number of pyridine rings is 1. The summed E-state index contributed by atoms with van der Waals surface area (Å²) in [6.07, 6.45) is 1.89. The van der Waals surface area contributed by atoms with Crippen molar-refractivity contribution in [1.82, 2.24) is 4.98 Å². The molecule has 0 spiro atoms. The van der Waals surface area contributed by atoms with Crippen molar-refractivity contribution in [3.8, 4) is 22.3 Å². The van der Waals surface area contributed by atoms with Gasteiger partial charge in [-0.2, -0.15) is 0 Å². The molecule has 0 aliphatic rings. The summed E-state index contributed by atoms with van der Waals surface area (Å²) in [5.41, 5.74) is 6.06. The van der Waals surface area contributed by atoms with Gasteiger partial charge in [-0.05, 0) is 68.7 Å². The zero-order valence-electron chi connectivity index (χ0n) is 20.0. The Labute approximate surface area is 218 Å². The molecule has 0 radical (unpaired) electrons. The van der Waals surface area contributed by atoms with Gasteiger partial charge in [0.05, 0.1) is 5.52 Å². The van der Waals surface area contributed by atoms with E-state index in [4.69, 9.17) is 4.98 Å². The van der Waals surface area contributed by atoms with Crippen LogP contribution in [0.2, 0.25) is 0 Å². The van der Waals surface area contributed by atoms with Gasteiger partial charge in [-0.1, -0.05) is 91.0 Å². The summed E-state index contributed by atoms with van der Waals surface area (Å²) < 4.78 is 2.68. The molecule has 0 unspecified atom stereocenters. The summed E-state index contributed by atoms with van der Waals surface area (Å²) in [6.45, 7) is 0. The molecule has 8 rings (SSSR count). The SMILES string of the molecule is c1ccc2c(-c3ccc4ccc5cccnc5c4c3)cc(-c3cccc4c3sc3ccccc34)cc2c1. The normalized spacial score (nSPS) is 11.8. The predicted molar refractivity (Wildman–Crippen MR) is 161 cm³/mol. The maximum absolute atomic E-state index is 4.73. The van der Waals surface area contributed by atoms with Gasteiger partial charge in [-0.15, -0.1) is 11.3 Å². The molecule has 172 valence electrons. The summed E-state index contributed by atoms with van der Waals surface area (Å²) in [5.74, 6) is 0. The molecule has 0 atom stereocenters. The fraction of sp³-hybridized carbons (Fsp3) is 0. The smallest absolute Gasteiger partial charge is 0.0780 e. The van der Waals surface area contributed by atoms with Crippen molar-refractivity contribution in [1.29, 1.82) is 0 Å². The van der Waals surface area contributed by atoms with Crippen LogP contribution in [0, 0.1) is 0 Å². The van der Waals surface area contributed by atoms with Crippen molar-refractivity contribution in [2.45, 2.75) is 0 Å². The topological polar surface area (TPSA) is 12.9 Å². The Balaban J connectivity index is 1.42. The first-order valence-electron chi connectivity index (χ1n) is 12.5. The van der Waals surface area contributed by atoms with E-state index in [1.165, 1.54) is 69.4 Å². The molecule has 0 N–H and O–H groups in total. The second kappa shape index (κ2) is 7.99. The second-order valence-electron chi connectivity index (χ2n) is 9.60. The van der Waals surface area contributed by atoms with E-state index in [1.807, 2.05) is 23.6 Å². The lowest BCUT2D eigenvalue weighted by molar-refractivity contribution is 1.43. The van der Waals surface area contributed by atoms with Crippen LogP contribution >= 0.6 is 11.3 Å². The average molecular weight is 488 g/mol. The first kappa shape index (κ1) is 20.6. The number of thiophene rings is 1. The Morgan fingerprint density at radius 3 is 2.22 bits per heavy atom. The molecule has 0 aliphatic carbocycles. The zero-order chi connectivity index (χ0) is 24.3. The van der Waals surface area contributed by atoms with Crippen molar-refractivity contribution < 1.29 is 0 Å². The van der Waals surface area contributed by atoms with E-state index in [9.17, 15) is 0 Å². The van der Waals surface area contributed by atoms with E-state index < -0.39 is 0 Å². The van der Waals surface area contributed by atoms with Crippen LogP contribution < -0.4 is 0 Å². The van der Waals surface area contributed by atoms with E-state index in [1.54, 1.807) is 0 Å². The van der Waals surface area contributed by atoms with E-state index in [-0.39, 0.29) is 0 Å². The van der Waals surface area contributed by atoms with Gasteiger partial charge >= 0.3 is 0 Å². The minimum absolute atomic E-state index is 1.05. The number of benzene rings is 6. The third-order valence-electron chi connectivity index (χ3n) is 7.48. The lowest BCUT2D eigenvalue weighted by Gasteiger charge is -2.13. The van der Waals surface area contributed by atoms with Crippen molar-refractivity contribution in [3.05, 3.63) is 128 Å². The van der Waals surface area contributed by atoms with Crippen LogP contribution in [-0.4, -0.2) is 4.98 Å². The van der Waals surface area contributed by atoms with E-state index in [0.717, 1.165) is 5.52 Å². The summed E-state index contributed by atoms with van der Waals surface area (Å²) in [4.78, 5) is 4.73. The number of hydrogen-bond donors (Lipinski definition) is 0. The first-order valence-corrected chi connectivity index (χ1v) is 13.4. The van der Waals surface area contributed by atoms with Gasteiger partial charge in [-0.25, -0.2) is 0 Å². The largest absolute Gasteiger partial charge is 0.256 e. The Hall–Kier alpha value is -4.53. The maximum Gasteiger partial charge on any atom is 0.0780 e. The lowest BCUT2D eigenvalue weighted by Crippen LogP contribution is -1.87. The molecule has 0 saturated heterocycles. The Bertz CT molecular complexity index is 2150. The monoisotopic (exact) mass is 487 g/mol. The Morgan fingerprint density at radius 1 is 0.459 bits per heavy atom. The molecule has 0 amide bonds. The van der Waals surface area contributed by atoms with Crippen molar-refractivity contribution in [3.63, 3.8) is 0 Å². The zero-order valence-corrected chi connectivity index (χ0v) is 20.8. The molecular weight excluding hydrogens is 466 g/mol. The Morgan fingerprint density at radius 2 is 1.24 bits per heavy atom. The van der Waals surface area contributed by atoms with Gasteiger partial charge in [0.15, 0.2) is 0 Å². The van der Waals surface area contributed by atoms with Crippen LogP contribution in [0.5, 0.6) is 0 Å². The fourth-order valence-electron chi connectivity index (χ4n) is 5.71. The molecule has 0 saturated carbocycles. The van der Waals surface area contributed by atoms with E-state index >= 15 is 0 Å².